The van der Waals surface area contributed by atoms with E-state index in [0.29, 0.717) is 0 Å². The summed E-state index contributed by atoms with van der Waals surface area (Å²) in [6.07, 6.45) is -4.96. The summed E-state index contributed by atoms with van der Waals surface area (Å²) >= 11 is 0. The highest BCUT2D eigenvalue weighted by atomic mass is 17.5. The minimum atomic E-state index is -1.27. The molecule has 2 aliphatic heterocycles. The summed E-state index contributed by atoms with van der Waals surface area (Å²) in [6.45, 7) is -0.341. The van der Waals surface area contributed by atoms with E-state index < -0.39 is 30.7 Å². The van der Waals surface area contributed by atoms with Crippen LogP contribution in [0.15, 0.2) is 0 Å². The zero-order valence-electron chi connectivity index (χ0n) is 6.20. The quantitative estimate of drug-likeness (QED) is 0.199. The van der Waals surface area contributed by atoms with Gasteiger partial charge in [-0.2, -0.15) is 4.52 Å². The van der Waals surface area contributed by atoms with Crippen LogP contribution in [-0.4, -0.2) is 57.7 Å². The fourth-order valence-corrected chi connectivity index (χ4v) is 1.43. The van der Waals surface area contributed by atoms with Crippen LogP contribution < -0.4 is 0 Å². The number of rotatable bonds is 1. The number of aliphatic hydroxyl groups excluding tert-OH is 4. The van der Waals surface area contributed by atoms with Gasteiger partial charge in [-0.15, -0.1) is 0 Å². The summed E-state index contributed by atoms with van der Waals surface area (Å²) in [6, 6.07) is 0. The van der Waals surface area contributed by atoms with Crippen molar-refractivity contribution in [2.45, 2.75) is 30.7 Å². The summed E-state index contributed by atoms with van der Waals surface area (Å²) < 4.78 is 2.08. The Balaban J connectivity index is 2.11. The fourth-order valence-electron chi connectivity index (χ4n) is 1.43. The lowest BCUT2D eigenvalue weighted by Crippen LogP contribution is -2.54. The smallest absolute Gasteiger partial charge is 0.388 e. The molecule has 2 fully saturated rings. The molecule has 0 radical (unpaired) electrons. The molecule has 6 nitrogen and oxygen atoms in total. The predicted molar refractivity (Wildman–Crippen MR) is 34.9 cm³/mol. The first-order valence-corrected chi connectivity index (χ1v) is 3.71. The molecule has 0 spiro atoms. The standard InChI is InChI=1S/C6H11O6/c7-1-2-3(8)4(9)5(10)6-11-12(2)6/h2-10H,1H2/q+1/t2-,3-,4+,5-,6+/m1/s1. The second-order valence-electron chi connectivity index (χ2n) is 2.99. The van der Waals surface area contributed by atoms with Gasteiger partial charge in [0.25, 0.3) is 0 Å². The van der Waals surface area contributed by atoms with Crippen molar-refractivity contribution < 1.29 is 29.8 Å². The van der Waals surface area contributed by atoms with Gasteiger partial charge >= 0.3 is 6.29 Å². The van der Waals surface area contributed by atoms with E-state index in [1.54, 1.807) is 0 Å². The fraction of sp³-hybridized carbons (Fsp3) is 1.00. The minimum absolute atomic E-state index is 0.341. The van der Waals surface area contributed by atoms with E-state index in [1.807, 2.05) is 0 Å². The van der Waals surface area contributed by atoms with Gasteiger partial charge in [0, 0.05) is 0 Å². The molecule has 0 saturated carbocycles. The molecule has 0 unspecified atom stereocenters. The van der Waals surface area contributed by atoms with Gasteiger partial charge in [-0.05, 0) is 4.89 Å². The number of hydrogen-bond acceptors (Lipinski definition) is 5. The van der Waals surface area contributed by atoms with E-state index in [2.05, 4.69) is 4.52 Å². The van der Waals surface area contributed by atoms with Gasteiger partial charge in [-0.3, -0.25) is 0 Å². The number of aliphatic hydroxyl groups is 4. The van der Waals surface area contributed by atoms with Gasteiger partial charge in [0.15, 0.2) is 12.2 Å². The third-order valence-electron chi connectivity index (χ3n) is 2.23. The molecule has 5 atom stereocenters. The predicted octanol–water partition coefficient (Wildman–Crippen LogP) is -2.73. The Morgan fingerprint density at radius 1 is 1.08 bits per heavy atom. The molecule has 12 heavy (non-hydrogen) atoms. The minimum Gasteiger partial charge on any atom is -0.388 e. The summed E-state index contributed by atoms with van der Waals surface area (Å²) in [5.41, 5.74) is 0. The van der Waals surface area contributed by atoms with Crippen LogP contribution in [0.3, 0.4) is 0 Å². The summed E-state index contributed by atoms with van der Waals surface area (Å²) in [5, 5.41) is 36.5. The van der Waals surface area contributed by atoms with Crippen molar-refractivity contribution in [3.8, 4) is 0 Å². The van der Waals surface area contributed by atoms with E-state index in [-0.39, 0.29) is 6.61 Å². The van der Waals surface area contributed by atoms with E-state index in [1.165, 1.54) is 0 Å². The highest BCUT2D eigenvalue weighted by molar-refractivity contribution is 4.93. The molecule has 0 aromatic carbocycles. The highest BCUT2D eigenvalue weighted by Crippen LogP contribution is 2.41. The number of hydrogen-bond donors (Lipinski definition) is 4. The second kappa shape index (κ2) is 2.63. The van der Waals surface area contributed by atoms with Crippen LogP contribution in [0.1, 0.15) is 0 Å². The molecule has 6 heteroatoms. The zero-order valence-corrected chi connectivity index (χ0v) is 6.20. The molecule has 2 heterocycles. The van der Waals surface area contributed by atoms with Crippen LogP contribution in [0.4, 0.5) is 0 Å². The van der Waals surface area contributed by atoms with Crippen LogP contribution in [0.2, 0.25) is 0 Å². The Hall–Kier alpha value is -0.240. The van der Waals surface area contributed by atoms with Crippen molar-refractivity contribution >= 4 is 0 Å². The van der Waals surface area contributed by atoms with E-state index in [0.717, 1.165) is 0 Å². The van der Waals surface area contributed by atoms with Crippen LogP contribution in [0.25, 0.3) is 0 Å². The van der Waals surface area contributed by atoms with Gasteiger partial charge in [0.05, 0.1) is 0 Å². The molecule has 0 bridgehead atoms. The largest absolute Gasteiger partial charge is 0.399 e. The van der Waals surface area contributed by atoms with Crippen LogP contribution in [-0.2, 0) is 9.41 Å². The van der Waals surface area contributed by atoms with Crippen LogP contribution in [0, 0.1) is 0 Å². The van der Waals surface area contributed by atoms with E-state index in [9.17, 15) is 15.3 Å². The molecular weight excluding hydrogens is 168 g/mol. The maximum absolute atomic E-state index is 9.29. The van der Waals surface area contributed by atoms with Gasteiger partial charge in [-0.25, -0.2) is 0 Å². The topological polar surface area (TPSA) is 96.2 Å². The lowest BCUT2D eigenvalue weighted by atomic mass is 10.0. The van der Waals surface area contributed by atoms with Crippen molar-refractivity contribution in [1.29, 1.82) is 0 Å². The third-order valence-corrected chi connectivity index (χ3v) is 2.23. The molecular formula is C6H11O6+. The Morgan fingerprint density at radius 3 is 2.33 bits per heavy atom. The van der Waals surface area contributed by atoms with Crippen molar-refractivity contribution in [3.05, 3.63) is 0 Å². The van der Waals surface area contributed by atoms with Crippen molar-refractivity contribution in [2.75, 3.05) is 6.61 Å². The first kappa shape index (κ1) is 8.36. The van der Waals surface area contributed by atoms with Crippen molar-refractivity contribution in [2.24, 2.45) is 0 Å². The van der Waals surface area contributed by atoms with E-state index >= 15 is 0 Å². The third kappa shape index (κ3) is 0.972. The Morgan fingerprint density at radius 2 is 1.75 bits per heavy atom. The molecule has 0 aromatic heterocycles. The highest BCUT2D eigenvalue weighted by Gasteiger charge is 2.68. The second-order valence-corrected chi connectivity index (χ2v) is 2.99. The van der Waals surface area contributed by atoms with Gasteiger partial charge in [-0.1, -0.05) is 0 Å². The number of fused-ring (bicyclic) bond motifs is 1. The molecule has 0 aromatic rings. The summed E-state index contributed by atoms with van der Waals surface area (Å²) in [4.78, 5) is 4.75. The molecule has 2 aliphatic rings. The SMILES string of the molecule is OC[C@@H]1[C@@H](O)[C@H](O)[C@@H](O)[C@H]2O[O+]12. The van der Waals surface area contributed by atoms with Gasteiger partial charge in [0.1, 0.15) is 12.7 Å². The monoisotopic (exact) mass is 179 g/mol. The average molecular weight is 179 g/mol. The summed E-state index contributed by atoms with van der Waals surface area (Å²) in [7, 11) is 0. The normalized spacial score (nSPS) is 53.5. The molecule has 2 saturated heterocycles. The first-order chi connectivity index (χ1) is 5.66. The molecule has 4 N–H and O–H groups in total. The maximum atomic E-state index is 9.29. The molecule has 70 valence electrons. The van der Waals surface area contributed by atoms with Crippen molar-refractivity contribution in [3.63, 3.8) is 0 Å². The zero-order chi connectivity index (χ0) is 8.88. The molecule has 0 aliphatic carbocycles. The van der Waals surface area contributed by atoms with Gasteiger partial charge in [0.2, 0.25) is 6.10 Å². The van der Waals surface area contributed by atoms with Crippen LogP contribution in [0.5, 0.6) is 0 Å². The first-order valence-electron chi connectivity index (χ1n) is 3.71. The van der Waals surface area contributed by atoms with E-state index in [4.69, 9.17) is 9.99 Å². The lowest BCUT2D eigenvalue weighted by molar-refractivity contribution is -0.275. The average Bonchev–Trinajstić information content (AvgIpc) is 2.81. The van der Waals surface area contributed by atoms with Crippen molar-refractivity contribution in [1.82, 2.24) is 0 Å². The maximum Gasteiger partial charge on any atom is 0.399 e. The Bertz CT molecular complexity index is 185. The molecule has 0 amide bonds. The summed E-state index contributed by atoms with van der Waals surface area (Å²) in [5.74, 6) is 0. The Kier molecular flexibility index (Phi) is 1.83. The van der Waals surface area contributed by atoms with Crippen LogP contribution >= 0.6 is 0 Å². The molecule has 2 rings (SSSR count). The van der Waals surface area contributed by atoms with Gasteiger partial charge < -0.3 is 20.4 Å². The lowest BCUT2D eigenvalue weighted by Gasteiger charge is -2.25. The Labute approximate surface area is 68.2 Å².